The molecule has 0 radical (unpaired) electrons. The Morgan fingerprint density at radius 3 is 2.29 bits per heavy atom. The standard InChI is InChI=1S/C30H47N3O8Si/c1-9-12-20-21(13-15-32(29(38)40-18-11-3)16-14-31-28(37)39-17-10-2)25(27(35)36)33-24(20)23(26(33)34)22(30(4,5)6)19-41-42(7)8/h9-11,20,22-24,42H,1-3,12-19H2,4-8H3,(H,31,37)(H,35,36)/t20?,22-,23+,24-/m1/s1. The topological polar surface area (TPSA) is 135 Å². The van der Waals surface area contributed by atoms with Gasteiger partial charge >= 0.3 is 18.2 Å². The predicted octanol–water partition coefficient (Wildman–Crippen LogP) is 3.95. The smallest absolute Gasteiger partial charge is 0.410 e. The first-order valence-corrected chi connectivity index (χ1v) is 17.1. The average Bonchev–Trinajstić information content (AvgIpc) is 3.19. The van der Waals surface area contributed by atoms with Crippen LogP contribution in [-0.4, -0.2) is 93.5 Å². The molecule has 2 heterocycles. The molecule has 1 fully saturated rings. The lowest BCUT2D eigenvalue weighted by atomic mass is 9.64. The summed E-state index contributed by atoms with van der Waals surface area (Å²) in [4.78, 5) is 53.7. The molecule has 2 N–H and O–H groups in total. The van der Waals surface area contributed by atoms with Crippen LogP contribution in [-0.2, 0) is 23.5 Å². The summed E-state index contributed by atoms with van der Waals surface area (Å²) in [5.74, 6) is -2.15. The van der Waals surface area contributed by atoms with E-state index >= 15 is 0 Å². The SMILES string of the molecule is C=CCOC(=O)NCCN(CCC1=C(C(=O)O)N2C(=O)[C@@H]([C@@H](CO[SiH](C)C)C(C)(C)C)[C@H]2C1CC=C)C(=O)OCC=C. The van der Waals surface area contributed by atoms with Crippen LogP contribution >= 0.6 is 0 Å². The minimum Gasteiger partial charge on any atom is -0.477 e. The zero-order valence-electron chi connectivity index (χ0n) is 25.6. The summed E-state index contributed by atoms with van der Waals surface area (Å²) >= 11 is 0. The Morgan fingerprint density at radius 2 is 1.74 bits per heavy atom. The number of alkyl carbamates (subject to hydrolysis) is 1. The largest absolute Gasteiger partial charge is 0.477 e. The Hall–Kier alpha value is -3.38. The molecule has 3 amide bonds. The first kappa shape index (κ1) is 34.8. The van der Waals surface area contributed by atoms with Crippen LogP contribution in [0.15, 0.2) is 49.2 Å². The molecular weight excluding hydrogens is 558 g/mol. The Bertz CT molecular complexity index is 1070. The van der Waals surface area contributed by atoms with Gasteiger partial charge in [-0.1, -0.05) is 52.2 Å². The first-order valence-electron chi connectivity index (χ1n) is 14.4. The molecule has 0 spiro atoms. The number of carbonyl (C=O) groups is 4. The number of carboxylic acid groups (broad SMARTS) is 1. The van der Waals surface area contributed by atoms with Crippen LogP contribution in [0.1, 0.15) is 33.6 Å². The maximum Gasteiger partial charge on any atom is 0.410 e. The van der Waals surface area contributed by atoms with Crippen molar-refractivity contribution in [3.8, 4) is 0 Å². The second kappa shape index (κ2) is 15.7. The molecule has 12 heteroatoms. The number of β-lactam (4-membered cyclic amide) rings is 1. The van der Waals surface area contributed by atoms with Gasteiger partial charge < -0.3 is 34.1 Å². The number of aliphatic carboxylic acids is 1. The van der Waals surface area contributed by atoms with Crippen molar-refractivity contribution in [1.82, 2.24) is 15.1 Å². The van der Waals surface area contributed by atoms with Crippen LogP contribution in [0.3, 0.4) is 0 Å². The normalized spacial score (nSPS) is 20.4. The molecule has 1 unspecified atom stereocenters. The number of ether oxygens (including phenoxy) is 2. The third kappa shape index (κ3) is 8.57. The average molecular weight is 606 g/mol. The molecule has 2 aliphatic rings. The van der Waals surface area contributed by atoms with Crippen molar-refractivity contribution < 1.29 is 38.2 Å². The van der Waals surface area contributed by atoms with Crippen molar-refractivity contribution in [1.29, 1.82) is 0 Å². The van der Waals surface area contributed by atoms with Gasteiger partial charge in [-0.15, -0.1) is 6.58 Å². The van der Waals surface area contributed by atoms with E-state index in [2.05, 4.69) is 58.9 Å². The van der Waals surface area contributed by atoms with Crippen molar-refractivity contribution in [2.24, 2.45) is 23.2 Å². The van der Waals surface area contributed by atoms with E-state index in [1.807, 2.05) is 0 Å². The lowest BCUT2D eigenvalue weighted by Crippen LogP contribution is -2.65. The van der Waals surface area contributed by atoms with Gasteiger partial charge in [0.1, 0.15) is 18.9 Å². The molecule has 11 nitrogen and oxygen atoms in total. The lowest BCUT2D eigenvalue weighted by Gasteiger charge is -2.52. The maximum atomic E-state index is 13.6. The molecule has 1 saturated heterocycles. The van der Waals surface area contributed by atoms with Crippen LogP contribution in [0, 0.1) is 23.2 Å². The summed E-state index contributed by atoms with van der Waals surface area (Å²) in [5, 5.41) is 12.8. The van der Waals surface area contributed by atoms with Gasteiger partial charge in [-0.3, -0.25) is 4.79 Å². The zero-order chi connectivity index (χ0) is 31.6. The summed E-state index contributed by atoms with van der Waals surface area (Å²) in [6, 6.07) is -0.333. The van der Waals surface area contributed by atoms with Gasteiger partial charge in [-0.2, -0.15) is 0 Å². The maximum absolute atomic E-state index is 13.6. The fourth-order valence-corrected chi connectivity index (χ4v) is 6.20. The highest BCUT2D eigenvalue weighted by atomic mass is 28.3. The molecule has 2 rings (SSSR count). The molecule has 2 aliphatic heterocycles. The number of carboxylic acids is 1. The van der Waals surface area contributed by atoms with E-state index in [0.29, 0.717) is 18.6 Å². The van der Waals surface area contributed by atoms with Crippen LogP contribution in [0.4, 0.5) is 9.59 Å². The van der Waals surface area contributed by atoms with Gasteiger partial charge in [-0.25, -0.2) is 14.4 Å². The van der Waals surface area contributed by atoms with Crippen LogP contribution in [0.5, 0.6) is 0 Å². The van der Waals surface area contributed by atoms with Crippen LogP contribution in [0.2, 0.25) is 13.1 Å². The summed E-state index contributed by atoms with van der Waals surface area (Å²) in [5.41, 5.74) is 0.326. The second-order valence-electron chi connectivity index (χ2n) is 11.8. The number of hydrogen-bond acceptors (Lipinski definition) is 7. The number of hydrogen-bond donors (Lipinski definition) is 2. The Balaban J connectivity index is 2.33. The van der Waals surface area contributed by atoms with E-state index in [9.17, 15) is 24.3 Å². The van der Waals surface area contributed by atoms with Crippen LogP contribution < -0.4 is 5.32 Å². The van der Waals surface area contributed by atoms with Crippen molar-refractivity contribution in [2.75, 3.05) is 39.5 Å². The molecule has 0 bridgehead atoms. The highest BCUT2D eigenvalue weighted by molar-refractivity contribution is 6.48. The zero-order valence-corrected chi connectivity index (χ0v) is 26.8. The summed E-state index contributed by atoms with van der Waals surface area (Å²) in [6.07, 6.45) is 4.01. The minimum absolute atomic E-state index is 0.00612. The van der Waals surface area contributed by atoms with Crippen molar-refractivity contribution >= 4 is 33.1 Å². The van der Waals surface area contributed by atoms with Gasteiger partial charge in [0, 0.05) is 32.2 Å². The quantitative estimate of drug-likeness (QED) is 0.145. The van der Waals surface area contributed by atoms with E-state index in [1.165, 1.54) is 22.0 Å². The fourth-order valence-electron chi connectivity index (χ4n) is 5.61. The molecule has 0 aromatic heterocycles. The molecule has 42 heavy (non-hydrogen) atoms. The molecular formula is C30H47N3O8Si. The number of amides is 3. The summed E-state index contributed by atoms with van der Waals surface area (Å²) in [6.45, 7) is 22.1. The molecule has 234 valence electrons. The monoisotopic (exact) mass is 605 g/mol. The predicted molar refractivity (Wildman–Crippen MR) is 162 cm³/mol. The van der Waals surface area contributed by atoms with Gasteiger partial charge in [-0.05, 0) is 42.8 Å². The second-order valence-corrected chi connectivity index (χ2v) is 14.2. The fraction of sp³-hybridized carbons (Fsp3) is 0.600. The molecule has 4 atom stereocenters. The van der Waals surface area contributed by atoms with E-state index in [-0.39, 0.29) is 74.2 Å². The van der Waals surface area contributed by atoms with Gasteiger partial charge in [0.25, 0.3) is 0 Å². The number of rotatable bonds is 17. The Morgan fingerprint density at radius 1 is 1.10 bits per heavy atom. The summed E-state index contributed by atoms with van der Waals surface area (Å²) in [7, 11) is -1.35. The van der Waals surface area contributed by atoms with Gasteiger partial charge in [0.05, 0.1) is 12.0 Å². The third-order valence-electron chi connectivity index (χ3n) is 7.59. The molecule has 0 aliphatic carbocycles. The van der Waals surface area contributed by atoms with E-state index < -0.39 is 33.1 Å². The Kier molecular flexibility index (Phi) is 13.0. The summed E-state index contributed by atoms with van der Waals surface area (Å²) < 4.78 is 16.2. The van der Waals surface area contributed by atoms with Crippen molar-refractivity contribution in [2.45, 2.75) is 52.7 Å². The minimum atomic E-state index is -1.35. The van der Waals surface area contributed by atoms with Crippen molar-refractivity contribution in [3.05, 3.63) is 49.2 Å². The van der Waals surface area contributed by atoms with Crippen molar-refractivity contribution in [3.63, 3.8) is 0 Å². The molecule has 0 saturated carbocycles. The highest BCUT2D eigenvalue weighted by Gasteiger charge is 2.62. The lowest BCUT2D eigenvalue weighted by molar-refractivity contribution is -0.165. The number of allylic oxidation sites excluding steroid dienone is 1. The Labute approximate surface area is 251 Å². The number of nitrogens with one attached hydrogen (secondary N) is 1. The molecule has 0 aromatic rings. The number of fused-ring (bicyclic) bond motifs is 1. The highest BCUT2D eigenvalue weighted by Crippen LogP contribution is 2.53. The number of nitrogens with zero attached hydrogens (tertiary/aromatic N) is 2. The van der Waals surface area contributed by atoms with Gasteiger partial charge in [0.15, 0.2) is 9.04 Å². The van der Waals surface area contributed by atoms with E-state index in [1.54, 1.807) is 6.08 Å². The first-order chi connectivity index (χ1) is 19.8. The van der Waals surface area contributed by atoms with E-state index in [4.69, 9.17) is 13.9 Å². The number of carbonyl (C=O) groups excluding carboxylic acids is 3. The third-order valence-corrected chi connectivity index (χ3v) is 8.45. The van der Waals surface area contributed by atoms with Gasteiger partial charge in [0.2, 0.25) is 5.91 Å². The van der Waals surface area contributed by atoms with Crippen LogP contribution in [0.25, 0.3) is 0 Å². The van der Waals surface area contributed by atoms with E-state index in [0.717, 1.165) is 0 Å². The molecule has 0 aromatic carbocycles.